The van der Waals surface area contributed by atoms with Crippen molar-refractivity contribution in [2.75, 3.05) is 14.2 Å². The SMILES string of the molecule is C=C(NC)[C@H](N[C@H](CCc1ccc(C(F)(F)F)cc1)c1ccc(OC(C)C)c(OC)c1)c1ccccc1. The van der Waals surface area contributed by atoms with E-state index in [9.17, 15) is 13.2 Å². The van der Waals surface area contributed by atoms with Crippen LogP contribution in [0.15, 0.2) is 85.1 Å². The summed E-state index contributed by atoms with van der Waals surface area (Å²) in [5.74, 6) is 1.28. The Morgan fingerprint density at radius 1 is 0.919 bits per heavy atom. The van der Waals surface area contributed by atoms with E-state index in [1.165, 1.54) is 0 Å². The van der Waals surface area contributed by atoms with Crippen molar-refractivity contribution >= 4 is 0 Å². The van der Waals surface area contributed by atoms with Gasteiger partial charge < -0.3 is 14.8 Å². The fourth-order valence-corrected chi connectivity index (χ4v) is 4.16. The maximum absolute atomic E-state index is 13.0. The van der Waals surface area contributed by atoms with E-state index in [2.05, 4.69) is 17.2 Å². The third-order valence-electron chi connectivity index (χ3n) is 6.13. The van der Waals surface area contributed by atoms with Gasteiger partial charge in [-0.25, -0.2) is 0 Å². The summed E-state index contributed by atoms with van der Waals surface area (Å²) >= 11 is 0. The highest BCUT2D eigenvalue weighted by Crippen LogP contribution is 2.35. The molecule has 0 aliphatic heterocycles. The maximum Gasteiger partial charge on any atom is 0.416 e. The van der Waals surface area contributed by atoms with Gasteiger partial charge in [0.1, 0.15) is 0 Å². The normalized spacial score (nSPS) is 13.2. The standard InChI is InChI=1S/C30H35F3N2O2/c1-20(2)37-27-18-14-24(19-28(27)36-5)26(17-13-22-11-15-25(16-12-22)30(31,32)33)35-29(21(3)34-4)23-9-7-6-8-10-23/h6-12,14-16,18-20,26,29,34-35H,3,13,17H2,1-2,4-5H3/t26-,29+/m1/s1. The Kier molecular flexibility index (Phi) is 9.64. The van der Waals surface area contributed by atoms with Crippen LogP contribution in [0.4, 0.5) is 13.2 Å². The van der Waals surface area contributed by atoms with Crippen molar-refractivity contribution in [1.82, 2.24) is 10.6 Å². The van der Waals surface area contributed by atoms with E-state index in [0.29, 0.717) is 24.3 Å². The molecule has 0 aliphatic carbocycles. The van der Waals surface area contributed by atoms with Crippen LogP contribution in [0, 0.1) is 0 Å². The quantitative estimate of drug-likeness (QED) is 0.268. The maximum atomic E-state index is 13.0. The molecule has 0 radical (unpaired) electrons. The summed E-state index contributed by atoms with van der Waals surface area (Å²) in [5.41, 5.74) is 3.01. The van der Waals surface area contributed by atoms with Crippen molar-refractivity contribution in [3.05, 3.63) is 107 Å². The van der Waals surface area contributed by atoms with Gasteiger partial charge in [-0.15, -0.1) is 0 Å². The molecule has 0 aromatic heterocycles. The number of methoxy groups -OCH3 is 1. The first-order valence-corrected chi connectivity index (χ1v) is 12.3. The molecule has 3 aromatic carbocycles. The Morgan fingerprint density at radius 2 is 1.59 bits per heavy atom. The van der Waals surface area contributed by atoms with E-state index < -0.39 is 11.7 Å². The topological polar surface area (TPSA) is 42.5 Å². The number of hydrogen-bond donors (Lipinski definition) is 2. The zero-order valence-corrected chi connectivity index (χ0v) is 21.7. The van der Waals surface area contributed by atoms with Gasteiger partial charge in [0.05, 0.1) is 24.8 Å². The Balaban J connectivity index is 1.93. The molecule has 0 saturated heterocycles. The van der Waals surface area contributed by atoms with Crippen LogP contribution in [0.3, 0.4) is 0 Å². The summed E-state index contributed by atoms with van der Waals surface area (Å²) in [6.07, 6.45) is -3.14. The molecule has 4 nitrogen and oxygen atoms in total. The van der Waals surface area contributed by atoms with Crippen molar-refractivity contribution in [2.24, 2.45) is 0 Å². The molecular formula is C30H35F3N2O2. The second-order valence-electron chi connectivity index (χ2n) is 9.15. The molecule has 198 valence electrons. The molecule has 2 atom stereocenters. The van der Waals surface area contributed by atoms with Crippen molar-refractivity contribution in [3.63, 3.8) is 0 Å². The Hall–Kier alpha value is -3.45. The largest absolute Gasteiger partial charge is 0.493 e. The first-order chi connectivity index (χ1) is 17.6. The van der Waals surface area contributed by atoms with Crippen LogP contribution in [-0.4, -0.2) is 20.3 Å². The number of nitrogens with one attached hydrogen (secondary N) is 2. The van der Waals surface area contributed by atoms with Crippen LogP contribution in [0.1, 0.15) is 54.6 Å². The zero-order valence-electron chi connectivity index (χ0n) is 21.7. The molecular weight excluding hydrogens is 477 g/mol. The molecule has 3 rings (SSSR count). The van der Waals surface area contributed by atoms with E-state index in [-0.39, 0.29) is 18.2 Å². The molecule has 0 amide bonds. The highest BCUT2D eigenvalue weighted by atomic mass is 19.4. The van der Waals surface area contributed by atoms with E-state index in [1.807, 2.05) is 69.4 Å². The van der Waals surface area contributed by atoms with E-state index in [0.717, 1.165) is 34.5 Å². The first-order valence-electron chi connectivity index (χ1n) is 12.3. The number of aryl methyl sites for hydroxylation is 1. The average molecular weight is 513 g/mol. The molecule has 0 unspecified atom stereocenters. The highest BCUT2D eigenvalue weighted by Gasteiger charge is 2.30. The van der Waals surface area contributed by atoms with Gasteiger partial charge in [-0.05, 0) is 67.6 Å². The van der Waals surface area contributed by atoms with Gasteiger partial charge >= 0.3 is 6.18 Å². The fraction of sp³-hybridized carbons (Fsp3) is 0.333. The van der Waals surface area contributed by atoms with Crippen molar-refractivity contribution in [3.8, 4) is 11.5 Å². The van der Waals surface area contributed by atoms with Crippen LogP contribution < -0.4 is 20.1 Å². The van der Waals surface area contributed by atoms with Crippen LogP contribution in [0.5, 0.6) is 11.5 Å². The third kappa shape index (κ3) is 7.76. The third-order valence-corrected chi connectivity index (χ3v) is 6.13. The number of alkyl halides is 3. The predicted octanol–water partition coefficient (Wildman–Crippen LogP) is 7.24. The van der Waals surface area contributed by atoms with Crippen LogP contribution in [0.2, 0.25) is 0 Å². The molecule has 0 heterocycles. The van der Waals surface area contributed by atoms with Crippen LogP contribution in [-0.2, 0) is 12.6 Å². The second kappa shape index (κ2) is 12.7. The molecule has 0 saturated carbocycles. The Bertz CT molecular complexity index is 1150. The van der Waals surface area contributed by atoms with Gasteiger partial charge in [0.25, 0.3) is 0 Å². The summed E-state index contributed by atoms with van der Waals surface area (Å²) < 4.78 is 50.5. The minimum Gasteiger partial charge on any atom is -0.493 e. The van der Waals surface area contributed by atoms with Gasteiger partial charge in [0.2, 0.25) is 0 Å². The van der Waals surface area contributed by atoms with Crippen molar-refractivity contribution in [2.45, 2.75) is 51.1 Å². The van der Waals surface area contributed by atoms with Crippen LogP contribution in [0.25, 0.3) is 0 Å². The number of rotatable bonds is 12. The molecule has 7 heteroatoms. The molecule has 0 bridgehead atoms. The molecule has 0 aliphatic rings. The average Bonchev–Trinajstić information content (AvgIpc) is 2.88. The Labute approximate surface area is 217 Å². The summed E-state index contributed by atoms with van der Waals surface area (Å²) in [4.78, 5) is 0. The number of benzene rings is 3. The molecule has 0 fully saturated rings. The lowest BCUT2D eigenvalue weighted by atomic mass is 9.95. The molecule has 37 heavy (non-hydrogen) atoms. The van der Waals surface area contributed by atoms with E-state index >= 15 is 0 Å². The summed E-state index contributed by atoms with van der Waals surface area (Å²) in [7, 11) is 3.44. The minimum absolute atomic E-state index is 0.00486. The number of ether oxygens (including phenoxy) is 2. The van der Waals surface area contributed by atoms with E-state index in [1.54, 1.807) is 19.2 Å². The van der Waals surface area contributed by atoms with Gasteiger partial charge in [-0.2, -0.15) is 13.2 Å². The smallest absolute Gasteiger partial charge is 0.416 e. The number of hydrogen-bond acceptors (Lipinski definition) is 4. The lowest BCUT2D eigenvalue weighted by molar-refractivity contribution is -0.137. The van der Waals surface area contributed by atoms with Crippen LogP contribution >= 0.6 is 0 Å². The lowest BCUT2D eigenvalue weighted by Gasteiger charge is -2.29. The predicted molar refractivity (Wildman–Crippen MR) is 142 cm³/mol. The second-order valence-corrected chi connectivity index (χ2v) is 9.15. The molecule has 2 N–H and O–H groups in total. The number of halogens is 3. The highest BCUT2D eigenvalue weighted by molar-refractivity contribution is 5.44. The monoisotopic (exact) mass is 512 g/mol. The number of likely N-dealkylation sites (N-methyl/N-ethyl adjacent to an activating group) is 1. The van der Waals surface area contributed by atoms with E-state index in [4.69, 9.17) is 9.47 Å². The zero-order chi connectivity index (χ0) is 27.0. The first kappa shape index (κ1) is 28.1. The molecule has 3 aromatic rings. The van der Waals surface area contributed by atoms with Crippen molar-refractivity contribution < 1.29 is 22.6 Å². The summed E-state index contributed by atoms with van der Waals surface area (Å²) in [5, 5.41) is 6.88. The van der Waals surface area contributed by atoms with Gasteiger partial charge in [0.15, 0.2) is 11.5 Å². The fourth-order valence-electron chi connectivity index (χ4n) is 4.16. The minimum atomic E-state index is -4.35. The van der Waals surface area contributed by atoms with Gasteiger partial charge in [-0.3, -0.25) is 5.32 Å². The summed E-state index contributed by atoms with van der Waals surface area (Å²) in [6, 6.07) is 20.8. The van der Waals surface area contributed by atoms with Gasteiger partial charge in [0, 0.05) is 18.8 Å². The Morgan fingerprint density at radius 3 is 2.16 bits per heavy atom. The summed E-state index contributed by atoms with van der Waals surface area (Å²) in [6.45, 7) is 8.11. The lowest BCUT2D eigenvalue weighted by Crippen LogP contribution is -2.31. The molecule has 0 spiro atoms. The van der Waals surface area contributed by atoms with Gasteiger partial charge in [-0.1, -0.05) is 55.1 Å². The van der Waals surface area contributed by atoms with Crippen molar-refractivity contribution in [1.29, 1.82) is 0 Å².